The van der Waals surface area contributed by atoms with Gasteiger partial charge in [0, 0.05) is 10.5 Å². The van der Waals surface area contributed by atoms with Gasteiger partial charge in [-0.05, 0) is 60.9 Å². The van der Waals surface area contributed by atoms with E-state index in [4.69, 9.17) is 0 Å². The molecular weight excluding hydrogens is 278 g/mol. The molecule has 3 nitrogen and oxygen atoms in total. The summed E-state index contributed by atoms with van der Waals surface area (Å²) in [5, 5.41) is 3.41. The Morgan fingerprint density at radius 1 is 1.35 bits per heavy atom. The zero-order valence-electron chi connectivity index (χ0n) is 9.91. The summed E-state index contributed by atoms with van der Waals surface area (Å²) < 4.78 is 3.55. The topological polar surface area (TPSA) is 29.9 Å². The fourth-order valence-electron chi connectivity index (χ4n) is 2.73. The van der Waals surface area contributed by atoms with Gasteiger partial charge >= 0.3 is 0 Å². The Morgan fingerprint density at radius 2 is 2.12 bits per heavy atom. The van der Waals surface area contributed by atoms with Gasteiger partial charge in [0.2, 0.25) is 0 Å². The second kappa shape index (κ2) is 4.42. The summed E-state index contributed by atoms with van der Waals surface area (Å²) in [5.74, 6) is 1.12. The average Bonchev–Trinajstić information content (AvgIpc) is 2.68. The number of hydrogen-bond donors (Lipinski definition) is 1. The number of para-hydroxylation sites is 1. The summed E-state index contributed by atoms with van der Waals surface area (Å²) in [6, 6.07) is 6.82. The lowest BCUT2D eigenvalue weighted by Crippen LogP contribution is -2.29. The van der Waals surface area contributed by atoms with E-state index in [1.807, 2.05) is 6.07 Å². The van der Waals surface area contributed by atoms with Gasteiger partial charge in [0.1, 0.15) is 5.82 Å². The van der Waals surface area contributed by atoms with Crippen LogP contribution in [0.4, 0.5) is 0 Å². The van der Waals surface area contributed by atoms with Crippen molar-refractivity contribution in [2.75, 3.05) is 13.1 Å². The largest absolute Gasteiger partial charge is 0.324 e. The fourth-order valence-corrected chi connectivity index (χ4v) is 3.28. The Bertz CT molecular complexity index is 541. The van der Waals surface area contributed by atoms with Crippen LogP contribution in [0.15, 0.2) is 22.7 Å². The molecule has 0 amide bonds. The molecule has 1 aliphatic rings. The molecule has 0 bridgehead atoms. The Labute approximate surface area is 109 Å². The number of imidazole rings is 1. The molecule has 1 aromatic heterocycles. The fraction of sp³-hybridized carbons (Fsp3) is 0.462. The van der Waals surface area contributed by atoms with Crippen molar-refractivity contribution in [3.63, 3.8) is 0 Å². The third kappa shape index (κ3) is 1.89. The van der Waals surface area contributed by atoms with Gasteiger partial charge in [-0.15, -0.1) is 0 Å². The third-order valence-corrected chi connectivity index (χ3v) is 4.15. The van der Waals surface area contributed by atoms with Gasteiger partial charge in [-0.2, -0.15) is 0 Å². The number of fused-ring (bicyclic) bond motifs is 1. The highest BCUT2D eigenvalue weighted by molar-refractivity contribution is 9.10. The summed E-state index contributed by atoms with van der Waals surface area (Å²) >= 11 is 3.65. The van der Waals surface area contributed by atoms with Crippen molar-refractivity contribution in [1.82, 2.24) is 14.9 Å². The van der Waals surface area contributed by atoms with Gasteiger partial charge in [-0.1, -0.05) is 6.07 Å². The molecule has 0 saturated carbocycles. The van der Waals surface area contributed by atoms with Crippen LogP contribution in [-0.4, -0.2) is 22.6 Å². The quantitative estimate of drug-likeness (QED) is 0.876. The monoisotopic (exact) mass is 293 g/mol. The normalized spacial score (nSPS) is 17.8. The van der Waals surface area contributed by atoms with Crippen molar-refractivity contribution in [3.05, 3.63) is 28.5 Å². The number of nitrogens with one attached hydrogen (secondary N) is 1. The summed E-state index contributed by atoms with van der Waals surface area (Å²) in [6.07, 6.45) is 2.38. The van der Waals surface area contributed by atoms with Gasteiger partial charge < -0.3 is 9.88 Å². The van der Waals surface area contributed by atoms with Crippen LogP contribution in [0, 0.1) is 6.92 Å². The number of piperidine rings is 1. The molecule has 1 fully saturated rings. The van der Waals surface area contributed by atoms with Crippen molar-refractivity contribution >= 4 is 27.0 Å². The maximum Gasteiger partial charge on any atom is 0.107 e. The molecule has 17 heavy (non-hydrogen) atoms. The van der Waals surface area contributed by atoms with Gasteiger partial charge in [0.25, 0.3) is 0 Å². The van der Waals surface area contributed by atoms with Crippen LogP contribution >= 0.6 is 15.9 Å². The Kier molecular flexibility index (Phi) is 2.92. The molecule has 0 spiro atoms. The number of aryl methyl sites for hydroxylation is 1. The van der Waals surface area contributed by atoms with Crippen LogP contribution in [-0.2, 0) is 0 Å². The van der Waals surface area contributed by atoms with E-state index in [2.05, 4.69) is 49.9 Å². The molecule has 1 saturated heterocycles. The molecule has 3 rings (SSSR count). The van der Waals surface area contributed by atoms with Gasteiger partial charge in [-0.3, -0.25) is 0 Å². The summed E-state index contributed by atoms with van der Waals surface area (Å²) in [4.78, 5) is 4.66. The number of aromatic nitrogens is 2. The summed E-state index contributed by atoms with van der Waals surface area (Å²) in [6.45, 7) is 4.32. The lowest BCUT2D eigenvalue weighted by molar-refractivity contribution is 0.370. The standard InChI is InChI=1S/C13H16BrN3/c1-9-16-12-4-2-3-11(14)13(12)17(9)10-5-7-15-8-6-10/h2-4,10,15H,5-8H2,1H3. The number of nitrogens with zero attached hydrogens (tertiary/aromatic N) is 2. The van der Waals surface area contributed by atoms with E-state index in [0.29, 0.717) is 6.04 Å². The van der Waals surface area contributed by atoms with E-state index in [0.717, 1.165) is 28.9 Å². The molecule has 1 aromatic carbocycles. The lowest BCUT2D eigenvalue weighted by Gasteiger charge is -2.26. The molecule has 2 heterocycles. The van der Waals surface area contributed by atoms with Crippen molar-refractivity contribution in [2.24, 2.45) is 0 Å². The van der Waals surface area contributed by atoms with Crippen LogP contribution in [0.25, 0.3) is 11.0 Å². The van der Waals surface area contributed by atoms with Crippen LogP contribution in [0.5, 0.6) is 0 Å². The number of benzene rings is 1. The Morgan fingerprint density at radius 3 is 2.88 bits per heavy atom. The van der Waals surface area contributed by atoms with Crippen LogP contribution in [0.1, 0.15) is 24.7 Å². The summed E-state index contributed by atoms with van der Waals surface area (Å²) in [5.41, 5.74) is 2.34. The second-order valence-corrected chi connectivity index (χ2v) is 5.47. The first-order valence-electron chi connectivity index (χ1n) is 6.11. The smallest absolute Gasteiger partial charge is 0.107 e. The van der Waals surface area contributed by atoms with E-state index in [1.165, 1.54) is 18.4 Å². The van der Waals surface area contributed by atoms with Gasteiger partial charge in [0.05, 0.1) is 11.0 Å². The minimum atomic E-state index is 0.583. The number of hydrogen-bond acceptors (Lipinski definition) is 2. The predicted molar refractivity (Wildman–Crippen MR) is 73.3 cm³/mol. The molecule has 90 valence electrons. The van der Waals surface area contributed by atoms with E-state index in [9.17, 15) is 0 Å². The van der Waals surface area contributed by atoms with E-state index in [1.54, 1.807) is 0 Å². The Balaban J connectivity index is 2.16. The highest BCUT2D eigenvalue weighted by atomic mass is 79.9. The van der Waals surface area contributed by atoms with E-state index in [-0.39, 0.29) is 0 Å². The first kappa shape index (κ1) is 11.2. The molecule has 1 N–H and O–H groups in total. The molecular formula is C13H16BrN3. The average molecular weight is 294 g/mol. The Hall–Kier alpha value is -0.870. The van der Waals surface area contributed by atoms with Crippen molar-refractivity contribution in [3.8, 4) is 0 Å². The zero-order valence-corrected chi connectivity index (χ0v) is 11.5. The van der Waals surface area contributed by atoms with Gasteiger partial charge in [0.15, 0.2) is 0 Å². The lowest BCUT2D eigenvalue weighted by atomic mass is 10.1. The SMILES string of the molecule is Cc1nc2cccc(Br)c2n1C1CCNCC1. The van der Waals surface area contributed by atoms with Gasteiger partial charge in [-0.25, -0.2) is 4.98 Å². The van der Waals surface area contributed by atoms with E-state index >= 15 is 0 Å². The minimum absolute atomic E-state index is 0.583. The first-order valence-corrected chi connectivity index (χ1v) is 6.90. The molecule has 0 aliphatic carbocycles. The number of halogens is 1. The second-order valence-electron chi connectivity index (χ2n) is 4.62. The highest BCUT2D eigenvalue weighted by Gasteiger charge is 2.20. The van der Waals surface area contributed by atoms with Crippen LogP contribution < -0.4 is 5.32 Å². The molecule has 0 unspecified atom stereocenters. The number of rotatable bonds is 1. The first-order chi connectivity index (χ1) is 8.27. The summed E-state index contributed by atoms with van der Waals surface area (Å²) in [7, 11) is 0. The van der Waals surface area contributed by atoms with Crippen LogP contribution in [0.3, 0.4) is 0 Å². The molecule has 1 aliphatic heterocycles. The third-order valence-electron chi connectivity index (χ3n) is 3.51. The maximum absolute atomic E-state index is 4.66. The van der Waals surface area contributed by atoms with Crippen LogP contribution in [0.2, 0.25) is 0 Å². The maximum atomic E-state index is 4.66. The molecule has 4 heteroatoms. The highest BCUT2D eigenvalue weighted by Crippen LogP contribution is 2.30. The van der Waals surface area contributed by atoms with E-state index < -0.39 is 0 Å². The van der Waals surface area contributed by atoms with Crippen molar-refractivity contribution in [2.45, 2.75) is 25.8 Å². The predicted octanol–water partition coefficient (Wildman–Crippen LogP) is 3.03. The van der Waals surface area contributed by atoms with Crippen molar-refractivity contribution in [1.29, 1.82) is 0 Å². The van der Waals surface area contributed by atoms with Crippen molar-refractivity contribution < 1.29 is 0 Å². The molecule has 0 atom stereocenters. The molecule has 2 aromatic rings. The zero-order chi connectivity index (χ0) is 11.8. The minimum Gasteiger partial charge on any atom is -0.324 e. The molecule has 0 radical (unpaired) electrons.